The summed E-state index contributed by atoms with van der Waals surface area (Å²) in [7, 11) is 1.24. The Labute approximate surface area is 106 Å². The van der Waals surface area contributed by atoms with Gasteiger partial charge in [-0.2, -0.15) is 0 Å². The van der Waals surface area contributed by atoms with Gasteiger partial charge >= 0.3 is 12.1 Å². The van der Waals surface area contributed by atoms with Crippen LogP contribution in [0.2, 0.25) is 0 Å². The standard InChI is InChI=1S/C10H17NO4.BrH/c1-6-7(8(12)14-5)11-9(13)15-10(2,3)4;/h6H,1-5H3,(H,11,13);1H/b7-6-;. The van der Waals surface area contributed by atoms with Gasteiger partial charge in [0.15, 0.2) is 0 Å². The zero-order valence-corrected chi connectivity index (χ0v) is 11.8. The van der Waals surface area contributed by atoms with Gasteiger partial charge in [0.2, 0.25) is 0 Å². The number of esters is 1. The van der Waals surface area contributed by atoms with Crippen LogP contribution >= 0.6 is 17.0 Å². The Morgan fingerprint density at radius 1 is 1.25 bits per heavy atom. The first-order chi connectivity index (χ1) is 6.80. The number of hydrogen-bond donors (Lipinski definition) is 1. The monoisotopic (exact) mass is 295 g/mol. The van der Waals surface area contributed by atoms with Gasteiger partial charge in [-0.15, -0.1) is 17.0 Å². The van der Waals surface area contributed by atoms with Crippen LogP contribution in [0.5, 0.6) is 0 Å². The molecule has 1 amide bonds. The van der Waals surface area contributed by atoms with Crippen LogP contribution < -0.4 is 5.32 Å². The largest absolute Gasteiger partial charge is 0.464 e. The van der Waals surface area contributed by atoms with Gasteiger partial charge in [-0.25, -0.2) is 9.59 Å². The summed E-state index contributed by atoms with van der Waals surface area (Å²) in [5.74, 6) is -0.608. The van der Waals surface area contributed by atoms with Gasteiger partial charge in [0.25, 0.3) is 0 Å². The first kappa shape index (κ1) is 17.4. The van der Waals surface area contributed by atoms with Crippen molar-refractivity contribution >= 4 is 29.0 Å². The summed E-state index contributed by atoms with van der Waals surface area (Å²) in [5, 5.41) is 2.30. The molecule has 0 fully saturated rings. The third kappa shape index (κ3) is 7.28. The number of nitrogens with one attached hydrogen (secondary N) is 1. The summed E-state index contributed by atoms with van der Waals surface area (Å²) < 4.78 is 9.42. The van der Waals surface area contributed by atoms with Crippen molar-refractivity contribution in [3.8, 4) is 0 Å². The lowest BCUT2D eigenvalue weighted by Crippen LogP contribution is -2.34. The minimum Gasteiger partial charge on any atom is -0.464 e. The summed E-state index contributed by atoms with van der Waals surface area (Å²) >= 11 is 0. The highest BCUT2D eigenvalue weighted by molar-refractivity contribution is 8.93. The zero-order chi connectivity index (χ0) is 12.1. The molecule has 0 aliphatic rings. The number of rotatable bonds is 2. The van der Waals surface area contributed by atoms with E-state index in [1.165, 1.54) is 13.2 Å². The van der Waals surface area contributed by atoms with E-state index in [0.29, 0.717) is 0 Å². The van der Waals surface area contributed by atoms with E-state index in [0.717, 1.165) is 0 Å². The minimum absolute atomic E-state index is 0. The van der Waals surface area contributed by atoms with Gasteiger partial charge in [-0.05, 0) is 27.7 Å². The molecule has 0 aliphatic heterocycles. The third-order valence-corrected chi connectivity index (χ3v) is 1.33. The van der Waals surface area contributed by atoms with E-state index in [9.17, 15) is 9.59 Å². The zero-order valence-electron chi connectivity index (χ0n) is 10.1. The molecule has 0 atom stereocenters. The lowest BCUT2D eigenvalue weighted by atomic mass is 10.2. The Balaban J connectivity index is 0. The van der Waals surface area contributed by atoms with Crippen molar-refractivity contribution in [1.82, 2.24) is 5.32 Å². The molecule has 0 saturated carbocycles. The number of amides is 1. The number of carbonyl (C=O) groups is 2. The first-order valence-corrected chi connectivity index (χ1v) is 4.54. The molecule has 0 aromatic rings. The molecule has 5 nitrogen and oxygen atoms in total. The molecule has 0 rings (SSSR count). The van der Waals surface area contributed by atoms with Crippen LogP contribution in [0.3, 0.4) is 0 Å². The van der Waals surface area contributed by atoms with Crippen molar-refractivity contribution in [3.05, 3.63) is 11.8 Å². The Hall–Kier alpha value is -1.04. The molecular formula is C10H18BrNO4. The maximum atomic E-state index is 11.3. The Morgan fingerprint density at radius 2 is 1.75 bits per heavy atom. The summed E-state index contributed by atoms with van der Waals surface area (Å²) in [6.45, 7) is 6.82. The van der Waals surface area contributed by atoms with Crippen LogP contribution in [0, 0.1) is 0 Å². The van der Waals surface area contributed by atoms with Crippen molar-refractivity contribution in [1.29, 1.82) is 0 Å². The molecule has 1 N–H and O–H groups in total. The number of alkyl carbamates (subject to hydrolysis) is 1. The van der Waals surface area contributed by atoms with E-state index in [2.05, 4.69) is 10.1 Å². The maximum Gasteiger partial charge on any atom is 0.412 e. The van der Waals surface area contributed by atoms with E-state index < -0.39 is 17.7 Å². The molecule has 6 heteroatoms. The van der Waals surface area contributed by atoms with Crippen LogP contribution in [0.4, 0.5) is 4.79 Å². The van der Waals surface area contributed by atoms with E-state index in [4.69, 9.17) is 4.74 Å². The second-order valence-electron chi connectivity index (χ2n) is 3.82. The highest BCUT2D eigenvalue weighted by atomic mass is 79.9. The number of ether oxygens (including phenoxy) is 2. The van der Waals surface area contributed by atoms with Crippen LogP contribution in [-0.4, -0.2) is 24.8 Å². The number of hydrogen-bond acceptors (Lipinski definition) is 4. The van der Waals surface area contributed by atoms with E-state index >= 15 is 0 Å². The maximum absolute atomic E-state index is 11.3. The highest BCUT2D eigenvalue weighted by Gasteiger charge is 2.19. The Bertz CT molecular complexity index is 281. The number of halogens is 1. The molecule has 0 unspecified atom stereocenters. The molecule has 0 bridgehead atoms. The quantitative estimate of drug-likeness (QED) is 0.626. The molecule has 0 spiro atoms. The van der Waals surface area contributed by atoms with Gasteiger partial charge in [0, 0.05) is 0 Å². The van der Waals surface area contributed by atoms with Crippen LogP contribution in [0.15, 0.2) is 11.8 Å². The van der Waals surface area contributed by atoms with Crippen molar-refractivity contribution < 1.29 is 19.1 Å². The average molecular weight is 296 g/mol. The lowest BCUT2D eigenvalue weighted by Gasteiger charge is -2.19. The van der Waals surface area contributed by atoms with Crippen LogP contribution in [-0.2, 0) is 14.3 Å². The normalized spacial score (nSPS) is 11.2. The van der Waals surface area contributed by atoms with E-state index in [1.54, 1.807) is 27.7 Å². The summed E-state index contributed by atoms with van der Waals surface area (Å²) in [5.41, 5.74) is -0.536. The lowest BCUT2D eigenvalue weighted by molar-refractivity contribution is -0.136. The van der Waals surface area contributed by atoms with Crippen molar-refractivity contribution in [3.63, 3.8) is 0 Å². The SMILES string of the molecule is Br.C/C=C(\NC(=O)OC(C)(C)C)C(=O)OC. The fourth-order valence-electron chi connectivity index (χ4n) is 0.765. The fourth-order valence-corrected chi connectivity index (χ4v) is 0.765. The average Bonchev–Trinajstić information content (AvgIpc) is 2.10. The molecule has 0 aromatic carbocycles. The molecule has 0 aliphatic carbocycles. The van der Waals surface area contributed by atoms with Gasteiger partial charge in [-0.1, -0.05) is 6.08 Å². The van der Waals surface area contributed by atoms with Gasteiger partial charge in [-0.3, -0.25) is 5.32 Å². The molecule has 0 saturated heterocycles. The van der Waals surface area contributed by atoms with Crippen molar-refractivity contribution in [2.45, 2.75) is 33.3 Å². The highest BCUT2D eigenvalue weighted by Crippen LogP contribution is 2.07. The minimum atomic E-state index is -0.680. The predicted octanol–water partition coefficient (Wildman–Crippen LogP) is 2.17. The molecule has 0 aromatic heterocycles. The predicted molar refractivity (Wildman–Crippen MR) is 65.5 cm³/mol. The summed E-state index contributed by atoms with van der Waals surface area (Å²) in [6, 6.07) is 0. The van der Waals surface area contributed by atoms with Crippen LogP contribution in [0.25, 0.3) is 0 Å². The second-order valence-corrected chi connectivity index (χ2v) is 3.82. The molecule has 0 radical (unpaired) electrons. The summed E-state index contributed by atoms with van der Waals surface area (Å²) in [6.07, 6.45) is 0.761. The van der Waals surface area contributed by atoms with E-state index in [1.807, 2.05) is 0 Å². The van der Waals surface area contributed by atoms with Gasteiger partial charge in [0.05, 0.1) is 7.11 Å². The first-order valence-electron chi connectivity index (χ1n) is 4.54. The van der Waals surface area contributed by atoms with Gasteiger partial charge in [0.1, 0.15) is 11.3 Å². The Kier molecular flexibility index (Phi) is 7.89. The molecule has 16 heavy (non-hydrogen) atoms. The van der Waals surface area contributed by atoms with Crippen molar-refractivity contribution in [2.75, 3.05) is 7.11 Å². The summed E-state index contributed by atoms with van der Waals surface area (Å²) in [4.78, 5) is 22.3. The number of carbonyl (C=O) groups excluding carboxylic acids is 2. The van der Waals surface area contributed by atoms with E-state index in [-0.39, 0.29) is 22.7 Å². The fraction of sp³-hybridized carbons (Fsp3) is 0.600. The number of methoxy groups -OCH3 is 1. The third-order valence-electron chi connectivity index (χ3n) is 1.33. The van der Waals surface area contributed by atoms with Crippen LogP contribution in [0.1, 0.15) is 27.7 Å². The smallest absolute Gasteiger partial charge is 0.412 e. The second kappa shape index (κ2) is 7.27. The topological polar surface area (TPSA) is 64.6 Å². The number of allylic oxidation sites excluding steroid dienone is 1. The molecule has 0 heterocycles. The van der Waals surface area contributed by atoms with Gasteiger partial charge < -0.3 is 9.47 Å². The molecule has 94 valence electrons. The van der Waals surface area contributed by atoms with Crippen molar-refractivity contribution in [2.24, 2.45) is 0 Å². The Morgan fingerprint density at radius 3 is 2.06 bits per heavy atom. The molecular weight excluding hydrogens is 278 g/mol.